The van der Waals surface area contributed by atoms with Gasteiger partial charge in [-0.05, 0) is 27.7 Å². The first-order valence-corrected chi connectivity index (χ1v) is 6.39. The summed E-state index contributed by atoms with van der Waals surface area (Å²) in [6.45, 7) is 7.12. The molecule has 6 heteroatoms. The van der Waals surface area contributed by atoms with Crippen LogP contribution in [0, 0.1) is 5.92 Å². The number of aliphatic carboxylic acids is 1. The number of hydrogen-bond donors (Lipinski definition) is 1. The topological polar surface area (TPSA) is 77.9 Å². The van der Waals surface area contributed by atoms with Gasteiger partial charge in [0.15, 0.2) is 0 Å². The van der Waals surface area contributed by atoms with Gasteiger partial charge in [0.1, 0.15) is 5.54 Å². The zero-order valence-corrected chi connectivity index (χ0v) is 12.1. The number of nitrogens with zero attached hydrogens (tertiary/aromatic N) is 2. The SMILES string of the molecule is CC(C)N1CC(C(=O)N(C)C(C)(C)C(=O)O)CC1=O. The van der Waals surface area contributed by atoms with Crippen LogP contribution < -0.4 is 0 Å². The van der Waals surface area contributed by atoms with Gasteiger partial charge in [-0.1, -0.05) is 0 Å². The third-order valence-electron chi connectivity index (χ3n) is 3.82. The molecule has 1 rings (SSSR count). The maximum atomic E-state index is 12.3. The first-order chi connectivity index (χ1) is 8.59. The fraction of sp³-hybridized carbons (Fsp3) is 0.769. The third kappa shape index (κ3) is 2.88. The summed E-state index contributed by atoms with van der Waals surface area (Å²) in [4.78, 5) is 38.1. The second-order valence-electron chi connectivity index (χ2n) is 5.80. The van der Waals surface area contributed by atoms with Crippen molar-refractivity contribution in [2.24, 2.45) is 5.92 Å². The lowest BCUT2D eigenvalue weighted by Crippen LogP contribution is -2.52. The van der Waals surface area contributed by atoms with E-state index in [9.17, 15) is 14.4 Å². The summed E-state index contributed by atoms with van der Waals surface area (Å²) in [5, 5.41) is 9.12. The molecule has 0 aromatic heterocycles. The maximum Gasteiger partial charge on any atom is 0.329 e. The normalized spacial score (nSPS) is 20.0. The van der Waals surface area contributed by atoms with Gasteiger partial charge < -0.3 is 14.9 Å². The van der Waals surface area contributed by atoms with Crippen LogP contribution in [0.2, 0.25) is 0 Å². The van der Waals surface area contributed by atoms with Crippen molar-refractivity contribution in [1.29, 1.82) is 0 Å². The highest BCUT2D eigenvalue weighted by Gasteiger charge is 2.42. The van der Waals surface area contributed by atoms with Crippen LogP contribution in [0.15, 0.2) is 0 Å². The number of likely N-dealkylation sites (tertiary alicyclic amines) is 1. The van der Waals surface area contributed by atoms with Gasteiger partial charge in [-0.2, -0.15) is 0 Å². The number of carboxylic acids is 1. The molecular weight excluding hydrogens is 248 g/mol. The Morgan fingerprint density at radius 1 is 1.42 bits per heavy atom. The van der Waals surface area contributed by atoms with E-state index in [4.69, 9.17) is 5.11 Å². The van der Waals surface area contributed by atoms with Crippen LogP contribution in [0.5, 0.6) is 0 Å². The van der Waals surface area contributed by atoms with Gasteiger partial charge in [0.25, 0.3) is 0 Å². The van der Waals surface area contributed by atoms with Crippen LogP contribution in [0.1, 0.15) is 34.1 Å². The molecule has 2 amide bonds. The van der Waals surface area contributed by atoms with Gasteiger partial charge in [0, 0.05) is 26.1 Å². The first kappa shape index (κ1) is 15.5. The van der Waals surface area contributed by atoms with Crippen LogP contribution in [0.4, 0.5) is 0 Å². The first-order valence-electron chi connectivity index (χ1n) is 6.39. The molecule has 0 aromatic carbocycles. The molecule has 0 aliphatic carbocycles. The molecule has 1 atom stereocenters. The molecular formula is C13H22N2O4. The van der Waals surface area contributed by atoms with Crippen molar-refractivity contribution in [1.82, 2.24) is 9.80 Å². The van der Waals surface area contributed by atoms with Crippen molar-refractivity contribution in [3.05, 3.63) is 0 Å². The van der Waals surface area contributed by atoms with Gasteiger partial charge in [0.2, 0.25) is 11.8 Å². The quantitative estimate of drug-likeness (QED) is 0.810. The smallest absolute Gasteiger partial charge is 0.329 e. The number of carbonyl (C=O) groups excluding carboxylic acids is 2. The second kappa shape index (κ2) is 5.19. The molecule has 1 heterocycles. The number of carboxylic acid groups (broad SMARTS) is 1. The molecule has 1 aliphatic rings. The van der Waals surface area contributed by atoms with Crippen LogP contribution in [-0.2, 0) is 14.4 Å². The van der Waals surface area contributed by atoms with Crippen LogP contribution in [-0.4, -0.2) is 57.9 Å². The Kier molecular flexibility index (Phi) is 4.22. The van der Waals surface area contributed by atoms with Crippen LogP contribution in [0.3, 0.4) is 0 Å². The number of hydrogen-bond acceptors (Lipinski definition) is 3. The zero-order chi connectivity index (χ0) is 15.0. The van der Waals surface area contributed by atoms with E-state index in [1.165, 1.54) is 25.8 Å². The lowest BCUT2D eigenvalue weighted by atomic mass is 10.00. The lowest BCUT2D eigenvalue weighted by molar-refractivity contribution is -0.156. The highest BCUT2D eigenvalue weighted by atomic mass is 16.4. The lowest BCUT2D eigenvalue weighted by Gasteiger charge is -2.33. The number of amides is 2. The predicted molar refractivity (Wildman–Crippen MR) is 69.4 cm³/mol. The Morgan fingerprint density at radius 3 is 2.32 bits per heavy atom. The molecule has 1 aliphatic heterocycles. The van der Waals surface area contributed by atoms with Gasteiger partial charge in [-0.25, -0.2) is 4.79 Å². The molecule has 1 fully saturated rings. The average Bonchev–Trinajstić information content (AvgIpc) is 2.69. The zero-order valence-electron chi connectivity index (χ0n) is 12.1. The predicted octanol–water partition coefficient (Wildman–Crippen LogP) is 0.565. The summed E-state index contributed by atoms with van der Waals surface area (Å²) in [6.07, 6.45) is 0.164. The molecule has 0 aromatic rings. The largest absolute Gasteiger partial charge is 0.480 e. The van der Waals surface area contributed by atoms with Crippen molar-refractivity contribution >= 4 is 17.8 Å². The molecule has 1 N–H and O–H groups in total. The van der Waals surface area contributed by atoms with E-state index in [-0.39, 0.29) is 24.3 Å². The minimum Gasteiger partial charge on any atom is -0.480 e. The van der Waals surface area contributed by atoms with E-state index in [2.05, 4.69) is 0 Å². The van der Waals surface area contributed by atoms with Gasteiger partial charge in [-0.3, -0.25) is 9.59 Å². The van der Waals surface area contributed by atoms with Crippen molar-refractivity contribution in [3.8, 4) is 0 Å². The summed E-state index contributed by atoms with van der Waals surface area (Å²) in [6, 6.07) is 0.0584. The van der Waals surface area contributed by atoms with Crippen LogP contribution >= 0.6 is 0 Å². The molecule has 0 spiro atoms. The Balaban J connectivity index is 2.81. The summed E-state index contributed by atoms with van der Waals surface area (Å²) in [5.74, 6) is -1.84. The summed E-state index contributed by atoms with van der Waals surface area (Å²) in [5.41, 5.74) is -1.27. The molecule has 6 nitrogen and oxygen atoms in total. The Morgan fingerprint density at radius 2 is 1.95 bits per heavy atom. The van der Waals surface area contributed by atoms with E-state index in [1.807, 2.05) is 13.8 Å². The van der Waals surface area contributed by atoms with Crippen molar-refractivity contribution in [3.63, 3.8) is 0 Å². The van der Waals surface area contributed by atoms with E-state index in [1.54, 1.807) is 4.90 Å². The minimum absolute atomic E-state index is 0.0464. The molecule has 0 bridgehead atoms. The molecule has 19 heavy (non-hydrogen) atoms. The third-order valence-corrected chi connectivity index (χ3v) is 3.82. The van der Waals surface area contributed by atoms with E-state index in [0.29, 0.717) is 6.54 Å². The Labute approximate surface area is 113 Å². The summed E-state index contributed by atoms with van der Waals surface area (Å²) >= 11 is 0. The summed E-state index contributed by atoms with van der Waals surface area (Å²) < 4.78 is 0. The number of rotatable bonds is 4. The van der Waals surface area contributed by atoms with Gasteiger partial charge in [0.05, 0.1) is 5.92 Å². The van der Waals surface area contributed by atoms with Gasteiger partial charge in [-0.15, -0.1) is 0 Å². The Bertz CT molecular complexity index is 403. The maximum absolute atomic E-state index is 12.3. The minimum atomic E-state index is -1.27. The van der Waals surface area contributed by atoms with E-state index >= 15 is 0 Å². The highest BCUT2D eigenvalue weighted by molar-refractivity contribution is 5.92. The molecule has 1 saturated heterocycles. The molecule has 0 radical (unpaired) electrons. The van der Waals surface area contributed by atoms with Gasteiger partial charge >= 0.3 is 5.97 Å². The molecule has 0 saturated carbocycles. The fourth-order valence-corrected chi connectivity index (χ4v) is 2.09. The Hall–Kier alpha value is -1.59. The number of carbonyl (C=O) groups is 3. The van der Waals surface area contributed by atoms with Crippen molar-refractivity contribution < 1.29 is 19.5 Å². The summed E-state index contributed by atoms with van der Waals surface area (Å²) in [7, 11) is 1.47. The average molecular weight is 270 g/mol. The second-order valence-corrected chi connectivity index (χ2v) is 5.80. The molecule has 1 unspecified atom stereocenters. The fourth-order valence-electron chi connectivity index (χ4n) is 2.09. The van der Waals surface area contributed by atoms with Crippen molar-refractivity contribution in [2.75, 3.05) is 13.6 Å². The monoisotopic (exact) mass is 270 g/mol. The van der Waals surface area contributed by atoms with Crippen molar-refractivity contribution in [2.45, 2.75) is 45.7 Å². The highest BCUT2D eigenvalue weighted by Crippen LogP contribution is 2.24. The van der Waals surface area contributed by atoms with E-state index < -0.39 is 17.4 Å². The van der Waals surface area contributed by atoms with E-state index in [0.717, 1.165) is 0 Å². The number of likely N-dealkylation sites (N-methyl/N-ethyl adjacent to an activating group) is 1. The molecule has 108 valence electrons. The van der Waals surface area contributed by atoms with Crippen LogP contribution in [0.25, 0.3) is 0 Å². The standard InChI is InChI=1S/C13H22N2O4/c1-8(2)15-7-9(6-10(15)16)11(17)14(5)13(3,4)12(18)19/h8-9H,6-7H2,1-5H3,(H,18,19).